The zero-order valence-corrected chi connectivity index (χ0v) is 12.1. The Bertz CT molecular complexity index is 674. The van der Waals surface area contributed by atoms with Crippen molar-refractivity contribution in [3.05, 3.63) is 41.7 Å². The summed E-state index contributed by atoms with van der Waals surface area (Å²) < 4.78 is 7.55. The van der Waals surface area contributed by atoms with Crippen LogP contribution in [0.5, 0.6) is 0 Å². The van der Waals surface area contributed by atoms with Gasteiger partial charge in [0.25, 0.3) is 0 Å². The predicted octanol–water partition coefficient (Wildman–Crippen LogP) is 1.39. The van der Waals surface area contributed by atoms with E-state index in [4.69, 9.17) is 4.74 Å². The lowest BCUT2D eigenvalue weighted by Gasteiger charge is -2.37. The SMILES string of the molecule is CC1COC(CO)CN1Cc1cn2ccccc2c1C#N. The van der Waals surface area contributed by atoms with E-state index in [0.717, 1.165) is 16.6 Å². The van der Waals surface area contributed by atoms with Crippen LogP contribution in [0.2, 0.25) is 0 Å². The van der Waals surface area contributed by atoms with Crippen LogP contribution in [-0.2, 0) is 11.3 Å². The van der Waals surface area contributed by atoms with Gasteiger partial charge in [0.1, 0.15) is 6.07 Å². The molecule has 110 valence electrons. The van der Waals surface area contributed by atoms with Crippen LogP contribution in [0.25, 0.3) is 5.52 Å². The van der Waals surface area contributed by atoms with Gasteiger partial charge in [-0.1, -0.05) is 6.07 Å². The van der Waals surface area contributed by atoms with Crippen molar-refractivity contribution in [3.63, 3.8) is 0 Å². The van der Waals surface area contributed by atoms with Gasteiger partial charge in [0.2, 0.25) is 0 Å². The van der Waals surface area contributed by atoms with E-state index in [1.807, 2.05) is 35.0 Å². The lowest BCUT2D eigenvalue weighted by molar-refractivity contribution is -0.0805. The third-order valence-corrected chi connectivity index (χ3v) is 4.09. The van der Waals surface area contributed by atoms with Gasteiger partial charge >= 0.3 is 0 Å². The van der Waals surface area contributed by atoms with E-state index in [-0.39, 0.29) is 18.8 Å². The fraction of sp³-hybridized carbons (Fsp3) is 0.438. The van der Waals surface area contributed by atoms with E-state index < -0.39 is 0 Å². The third-order valence-electron chi connectivity index (χ3n) is 4.09. The summed E-state index contributed by atoms with van der Waals surface area (Å²) in [6.45, 7) is 4.14. The average Bonchev–Trinajstić information content (AvgIpc) is 2.86. The summed E-state index contributed by atoms with van der Waals surface area (Å²) in [6, 6.07) is 8.46. The number of morpholine rings is 1. The van der Waals surface area contributed by atoms with Crippen molar-refractivity contribution in [1.82, 2.24) is 9.30 Å². The second kappa shape index (κ2) is 5.86. The predicted molar refractivity (Wildman–Crippen MR) is 78.8 cm³/mol. The molecule has 0 aliphatic carbocycles. The second-order valence-electron chi connectivity index (χ2n) is 5.55. The Morgan fingerprint density at radius 1 is 1.48 bits per heavy atom. The Morgan fingerprint density at radius 2 is 2.33 bits per heavy atom. The summed E-state index contributed by atoms with van der Waals surface area (Å²) in [5.74, 6) is 0. The molecule has 2 aromatic rings. The maximum atomic E-state index is 9.45. The van der Waals surface area contributed by atoms with E-state index in [0.29, 0.717) is 19.7 Å². The monoisotopic (exact) mass is 285 g/mol. The number of ether oxygens (including phenoxy) is 1. The Hall–Kier alpha value is -1.87. The summed E-state index contributed by atoms with van der Waals surface area (Å²) in [7, 11) is 0. The first-order chi connectivity index (χ1) is 10.2. The van der Waals surface area contributed by atoms with Gasteiger partial charge in [-0.2, -0.15) is 5.26 Å². The topological polar surface area (TPSA) is 60.9 Å². The second-order valence-corrected chi connectivity index (χ2v) is 5.55. The molecule has 0 bridgehead atoms. The fourth-order valence-corrected chi connectivity index (χ4v) is 2.85. The van der Waals surface area contributed by atoms with E-state index in [2.05, 4.69) is 17.9 Å². The van der Waals surface area contributed by atoms with Crippen LogP contribution >= 0.6 is 0 Å². The minimum Gasteiger partial charge on any atom is -0.394 e. The first kappa shape index (κ1) is 14.1. The number of hydrogen-bond acceptors (Lipinski definition) is 4. The minimum absolute atomic E-state index is 0.0338. The molecule has 1 saturated heterocycles. The number of nitrogens with zero attached hydrogens (tertiary/aromatic N) is 3. The molecule has 21 heavy (non-hydrogen) atoms. The van der Waals surface area contributed by atoms with Crippen LogP contribution in [0.15, 0.2) is 30.6 Å². The fourth-order valence-electron chi connectivity index (χ4n) is 2.85. The molecule has 1 N–H and O–H groups in total. The molecule has 0 amide bonds. The highest BCUT2D eigenvalue weighted by molar-refractivity contribution is 5.65. The van der Waals surface area contributed by atoms with Crippen molar-refractivity contribution in [2.45, 2.75) is 25.6 Å². The van der Waals surface area contributed by atoms with Crippen molar-refractivity contribution < 1.29 is 9.84 Å². The van der Waals surface area contributed by atoms with Gasteiger partial charge in [-0.05, 0) is 19.1 Å². The number of hydrogen-bond donors (Lipinski definition) is 1. The van der Waals surface area contributed by atoms with E-state index in [1.165, 1.54) is 0 Å². The molecule has 1 aliphatic rings. The van der Waals surface area contributed by atoms with Gasteiger partial charge in [-0.15, -0.1) is 0 Å². The Morgan fingerprint density at radius 3 is 3.10 bits per heavy atom. The van der Waals surface area contributed by atoms with Crippen molar-refractivity contribution in [3.8, 4) is 6.07 Å². The number of aliphatic hydroxyl groups is 1. The zero-order valence-electron chi connectivity index (χ0n) is 12.1. The van der Waals surface area contributed by atoms with Crippen molar-refractivity contribution >= 4 is 5.52 Å². The maximum Gasteiger partial charge on any atom is 0.102 e. The molecule has 3 heterocycles. The molecule has 0 radical (unpaired) electrons. The molecule has 3 rings (SSSR count). The Labute approximate surface area is 124 Å². The molecule has 2 atom stereocenters. The Balaban J connectivity index is 1.89. The molecule has 5 heteroatoms. The van der Waals surface area contributed by atoms with Gasteiger partial charge in [0, 0.05) is 37.1 Å². The number of fused-ring (bicyclic) bond motifs is 1. The van der Waals surface area contributed by atoms with Crippen LogP contribution in [0.4, 0.5) is 0 Å². The number of aliphatic hydroxyl groups excluding tert-OH is 1. The molecular weight excluding hydrogens is 266 g/mol. The lowest BCUT2D eigenvalue weighted by Crippen LogP contribution is -2.48. The molecule has 0 spiro atoms. The molecule has 1 aliphatic heterocycles. The van der Waals surface area contributed by atoms with Gasteiger partial charge in [-0.3, -0.25) is 4.90 Å². The number of pyridine rings is 1. The van der Waals surface area contributed by atoms with Crippen molar-refractivity contribution in [2.24, 2.45) is 0 Å². The molecular formula is C16H19N3O2. The Kier molecular flexibility index (Phi) is 3.93. The first-order valence-electron chi connectivity index (χ1n) is 7.18. The van der Waals surface area contributed by atoms with Gasteiger partial charge < -0.3 is 14.2 Å². The van der Waals surface area contributed by atoms with Crippen LogP contribution in [-0.4, -0.2) is 46.3 Å². The van der Waals surface area contributed by atoms with Crippen LogP contribution in [0, 0.1) is 11.3 Å². The molecule has 5 nitrogen and oxygen atoms in total. The van der Waals surface area contributed by atoms with Crippen molar-refractivity contribution in [1.29, 1.82) is 5.26 Å². The minimum atomic E-state index is -0.135. The summed E-state index contributed by atoms with van der Waals surface area (Å²) in [5, 5.41) is 18.7. The van der Waals surface area contributed by atoms with E-state index in [9.17, 15) is 10.4 Å². The summed E-state index contributed by atoms with van der Waals surface area (Å²) in [6.07, 6.45) is 3.84. The quantitative estimate of drug-likeness (QED) is 0.926. The zero-order chi connectivity index (χ0) is 14.8. The molecule has 2 unspecified atom stereocenters. The molecule has 0 aromatic carbocycles. The highest BCUT2D eigenvalue weighted by Gasteiger charge is 2.26. The third kappa shape index (κ3) is 2.66. The van der Waals surface area contributed by atoms with Gasteiger partial charge in [0.05, 0.1) is 30.4 Å². The maximum absolute atomic E-state index is 9.45. The first-order valence-corrected chi connectivity index (χ1v) is 7.18. The number of rotatable bonds is 3. The standard InChI is InChI=1S/C16H19N3O2/c1-12-11-21-14(10-20)9-19(12)8-13-7-18-5-3-2-4-16(18)15(13)6-17/h2-5,7,12,14,20H,8-11H2,1H3. The molecule has 2 aromatic heterocycles. The van der Waals surface area contributed by atoms with Crippen LogP contribution in [0.1, 0.15) is 18.1 Å². The van der Waals surface area contributed by atoms with E-state index in [1.54, 1.807) is 0 Å². The van der Waals surface area contributed by atoms with Crippen molar-refractivity contribution in [2.75, 3.05) is 19.8 Å². The lowest BCUT2D eigenvalue weighted by atomic mass is 10.1. The molecule has 1 fully saturated rings. The highest BCUT2D eigenvalue weighted by atomic mass is 16.5. The van der Waals surface area contributed by atoms with Gasteiger partial charge in [-0.25, -0.2) is 0 Å². The largest absolute Gasteiger partial charge is 0.394 e. The average molecular weight is 285 g/mol. The number of nitriles is 1. The van der Waals surface area contributed by atoms with Crippen LogP contribution in [0.3, 0.4) is 0 Å². The van der Waals surface area contributed by atoms with Gasteiger partial charge in [0.15, 0.2) is 0 Å². The smallest absolute Gasteiger partial charge is 0.102 e. The molecule has 0 saturated carbocycles. The normalized spacial score (nSPS) is 23.3. The number of aromatic nitrogens is 1. The summed E-state index contributed by atoms with van der Waals surface area (Å²) in [5.41, 5.74) is 2.69. The van der Waals surface area contributed by atoms with Crippen LogP contribution < -0.4 is 0 Å². The van der Waals surface area contributed by atoms with E-state index >= 15 is 0 Å². The summed E-state index contributed by atoms with van der Waals surface area (Å²) >= 11 is 0. The summed E-state index contributed by atoms with van der Waals surface area (Å²) in [4.78, 5) is 2.26. The highest BCUT2D eigenvalue weighted by Crippen LogP contribution is 2.22.